The number of rotatable bonds is 2. The lowest BCUT2D eigenvalue weighted by Crippen LogP contribution is -2.39. The zero-order valence-electron chi connectivity index (χ0n) is 9.19. The molecule has 0 amide bonds. The lowest BCUT2D eigenvalue weighted by Gasteiger charge is -2.36. The van der Waals surface area contributed by atoms with Gasteiger partial charge in [0.15, 0.2) is 0 Å². The van der Waals surface area contributed by atoms with E-state index in [4.69, 9.17) is 5.26 Å². The van der Waals surface area contributed by atoms with Gasteiger partial charge in [-0.05, 0) is 37.5 Å². The van der Waals surface area contributed by atoms with Crippen molar-refractivity contribution >= 4 is 21.6 Å². The molecule has 2 rings (SSSR count). The molecule has 1 aliphatic rings. The number of piperidine rings is 1. The van der Waals surface area contributed by atoms with Crippen molar-refractivity contribution in [2.75, 3.05) is 11.4 Å². The van der Waals surface area contributed by atoms with Crippen molar-refractivity contribution in [1.82, 2.24) is 0 Å². The standard InChI is InChI=1S/C13H15BrN2/c14-11-4-3-6-13(10-11)16-9-2-1-5-12(16)7-8-15/h3-4,6,10,12H,1-2,5,7,9H2. The van der Waals surface area contributed by atoms with Crippen LogP contribution in [-0.4, -0.2) is 12.6 Å². The van der Waals surface area contributed by atoms with Gasteiger partial charge in [0.25, 0.3) is 0 Å². The van der Waals surface area contributed by atoms with E-state index in [2.05, 4.69) is 45.1 Å². The maximum Gasteiger partial charge on any atom is 0.0643 e. The molecule has 0 N–H and O–H groups in total. The van der Waals surface area contributed by atoms with Crippen LogP contribution in [0.25, 0.3) is 0 Å². The molecule has 0 saturated carbocycles. The van der Waals surface area contributed by atoms with Gasteiger partial charge < -0.3 is 4.90 Å². The number of hydrogen-bond donors (Lipinski definition) is 0. The Kier molecular flexibility index (Phi) is 3.84. The molecule has 1 aliphatic heterocycles. The van der Waals surface area contributed by atoms with Crippen molar-refractivity contribution in [3.8, 4) is 6.07 Å². The zero-order chi connectivity index (χ0) is 11.4. The van der Waals surface area contributed by atoms with Gasteiger partial charge >= 0.3 is 0 Å². The van der Waals surface area contributed by atoms with Crippen LogP contribution in [0.4, 0.5) is 5.69 Å². The Morgan fingerprint density at radius 2 is 2.31 bits per heavy atom. The molecule has 0 bridgehead atoms. The van der Waals surface area contributed by atoms with E-state index in [0.29, 0.717) is 12.5 Å². The van der Waals surface area contributed by atoms with Crippen molar-refractivity contribution in [3.63, 3.8) is 0 Å². The summed E-state index contributed by atoms with van der Waals surface area (Å²) in [4.78, 5) is 2.37. The Morgan fingerprint density at radius 1 is 1.44 bits per heavy atom. The van der Waals surface area contributed by atoms with E-state index < -0.39 is 0 Å². The van der Waals surface area contributed by atoms with Gasteiger partial charge in [-0.3, -0.25) is 0 Å². The van der Waals surface area contributed by atoms with Crippen LogP contribution < -0.4 is 4.90 Å². The van der Waals surface area contributed by atoms with Crippen LogP contribution in [0.1, 0.15) is 25.7 Å². The second-order valence-corrected chi connectivity index (χ2v) is 5.10. The highest BCUT2D eigenvalue weighted by Crippen LogP contribution is 2.28. The molecule has 0 spiro atoms. The zero-order valence-corrected chi connectivity index (χ0v) is 10.8. The molecule has 0 aliphatic carbocycles. The van der Waals surface area contributed by atoms with Gasteiger partial charge in [-0.1, -0.05) is 22.0 Å². The van der Waals surface area contributed by atoms with Crippen molar-refractivity contribution in [1.29, 1.82) is 5.26 Å². The first-order chi connectivity index (χ1) is 7.81. The molecule has 0 radical (unpaired) electrons. The highest BCUT2D eigenvalue weighted by atomic mass is 79.9. The van der Waals surface area contributed by atoms with Crippen LogP contribution in [0.5, 0.6) is 0 Å². The van der Waals surface area contributed by atoms with Crippen molar-refractivity contribution in [3.05, 3.63) is 28.7 Å². The number of benzene rings is 1. The molecule has 1 fully saturated rings. The summed E-state index contributed by atoms with van der Waals surface area (Å²) in [6.45, 7) is 1.07. The first-order valence-electron chi connectivity index (χ1n) is 5.70. The van der Waals surface area contributed by atoms with Crippen LogP contribution in [0, 0.1) is 11.3 Å². The van der Waals surface area contributed by atoms with E-state index in [1.54, 1.807) is 0 Å². The van der Waals surface area contributed by atoms with Gasteiger partial charge in [0.1, 0.15) is 0 Å². The molecular formula is C13H15BrN2. The molecule has 1 aromatic rings. The van der Waals surface area contributed by atoms with Gasteiger partial charge in [-0.25, -0.2) is 0 Å². The molecule has 1 unspecified atom stereocenters. The topological polar surface area (TPSA) is 27.0 Å². The number of nitrogens with zero attached hydrogens (tertiary/aromatic N) is 2. The Labute approximate surface area is 105 Å². The Morgan fingerprint density at radius 3 is 3.06 bits per heavy atom. The van der Waals surface area contributed by atoms with Crippen LogP contribution >= 0.6 is 15.9 Å². The molecule has 2 nitrogen and oxygen atoms in total. The summed E-state index contributed by atoms with van der Waals surface area (Å²) < 4.78 is 1.10. The third-order valence-corrected chi connectivity index (χ3v) is 3.59. The fourth-order valence-electron chi connectivity index (χ4n) is 2.31. The summed E-state index contributed by atoms with van der Waals surface area (Å²) in [6.07, 6.45) is 4.25. The minimum atomic E-state index is 0.396. The highest BCUT2D eigenvalue weighted by Gasteiger charge is 2.22. The first-order valence-corrected chi connectivity index (χ1v) is 6.50. The normalized spacial score (nSPS) is 20.5. The average molecular weight is 279 g/mol. The van der Waals surface area contributed by atoms with Gasteiger partial charge in [-0.15, -0.1) is 0 Å². The number of nitriles is 1. The molecule has 3 heteroatoms. The summed E-state index contributed by atoms with van der Waals surface area (Å²) in [5.74, 6) is 0. The van der Waals surface area contributed by atoms with Gasteiger partial charge in [0.05, 0.1) is 12.5 Å². The third kappa shape index (κ3) is 2.56. The van der Waals surface area contributed by atoms with Crippen molar-refractivity contribution < 1.29 is 0 Å². The monoisotopic (exact) mass is 278 g/mol. The van der Waals surface area contributed by atoms with Crippen LogP contribution in [0.2, 0.25) is 0 Å². The van der Waals surface area contributed by atoms with E-state index in [1.165, 1.54) is 18.5 Å². The van der Waals surface area contributed by atoms with Crippen molar-refractivity contribution in [2.24, 2.45) is 0 Å². The number of halogens is 1. The smallest absolute Gasteiger partial charge is 0.0643 e. The van der Waals surface area contributed by atoms with E-state index >= 15 is 0 Å². The maximum absolute atomic E-state index is 8.85. The van der Waals surface area contributed by atoms with E-state index in [0.717, 1.165) is 17.4 Å². The third-order valence-electron chi connectivity index (χ3n) is 3.09. The predicted molar refractivity (Wildman–Crippen MR) is 69.4 cm³/mol. The molecule has 1 saturated heterocycles. The summed E-state index contributed by atoms with van der Waals surface area (Å²) in [5, 5.41) is 8.85. The molecule has 0 aromatic heterocycles. The van der Waals surface area contributed by atoms with Gasteiger partial charge in [0, 0.05) is 22.7 Å². The van der Waals surface area contributed by atoms with Gasteiger partial charge in [0.2, 0.25) is 0 Å². The summed E-state index contributed by atoms with van der Waals surface area (Å²) in [6, 6.07) is 11.0. The second-order valence-electron chi connectivity index (χ2n) is 4.19. The molecule has 1 heterocycles. The number of hydrogen-bond acceptors (Lipinski definition) is 2. The SMILES string of the molecule is N#CCC1CCCCN1c1cccc(Br)c1. The van der Waals surface area contributed by atoms with Crippen LogP contribution in [0.15, 0.2) is 28.7 Å². The van der Waals surface area contributed by atoms with Crippen LogP contribution in [-0.2, 0) is 0 Å². The minimum Gasteiger partial charge on any atom is -0.367 e. The first kappa shape index (κ1) is 11.5. The summed E-state index contributed by atoms with van der Waals surface area (Å²) in [5.41, 5.74) is 1.23. The van der Waals surface area contributed by atoms with Crippen molar-refractivity contribution in [2.45, 2.75) is 31.7 Å². The molecule has 16 heavy (non-hydrogen) atoms. The second kappa shape index (κ2) is 5.36. The van der Waals surface area contributed by atoms with E-state index in [9.17, 15) is 0 Å². The molecular weight excluding hydrogens is 264 g/mol. The molecule has 1 aromatic carbocycles. The van der Waals surface area contributed by atoms with Gasteiger partial charge in [-0.2, -0.15) is 5.26 Å². The van der Waals surface area contributed by atoms with E-state index in [1.807, 2.05) is 6.07 Å². The summed E-state index contributed by atoms with van der Waals surface area (Å²) >= 11 is 3.50. The Bertz CT molecular complexity index is 397. The quantitative estimate of drug-likeness (QED) is 0.825. The largest absolute Gasteiger partial charge is 0.367 e. The maximum atomic E-state index is 8.85. The average Bonchev–Trinajstić information content (AvgIpc) is 2.30. The Hall–Kier alpha value is -1.01. The molecule has 84 valence electrons. The molecule has 1 atom stereocenters. The minimum absolute atomic E-state index is 0.396. The lowest BCUT2D eigenvalue weighted by atomic mass is 9.99. The summed E-state index contributed by atoms with van der Waals surface area (Å²) in [7, 11) is 0. The fraction of sp³-hybridized carbons (Fsp3) is 0.462. The van der Waals surface area contributed by atoms with Crippen LogP contribution in [0.3, 0.4) is 0 Å². The predicted octanol–water partition coefficient (Wildman–Crippen LogP) is 3.72. The lowest BCUT2D eigenvalue weighted by molar-refractivity contribution is 0.464. The Balaban J connectivity index is 2.20. The fourth-order valence-corrected chi connectivity index (χ4v) is 2.70. The highest BCUT2D eigenvalue weighted by molar-refractivity contribution is 9.10. The van der Waals surface area contributed by atoms with E-state index in [-0.39, 0.29) is 0 Å². The number of anilines is 1.